The van der Waals surface area contributed by atoms with Gasteiger partial charge in [0.2, 0.25) is 0 Å². The summed E-state index contributed by atoms with van der Waals surface area (Å²) in [5.74, 6) is 0.439. The fourth-order valence-electron chi connectivity index (χ4n) is 2.59. The normalized spacial score (nSPS) is 10.8. The first-order valence-corrected chi connectivity index (χ1v) is 10.1. The summed E-state index contributed by atoms with van der Waals surface area (Å²) in [4.78, 5) is 17.5. The number of hydrogen-bond donors (Lipinski definition) is 0. The molecule has 0 amide bonds. The van der Waals surface area contributed by atoms with Crippen LogP contribution in [0, 0.1) is 6.92 Å². The van der Waals surface area contributed by atoms with E-state index in [9.17, 15) is 4.79 Å². The molecule has 140 valence electrons. The summed E-state index contributed by atoms with van der Waals surface area (Å²) in [6.07, 6.45) is 2.18. The zero-order valence-corrected chi connectivity index (χ0v) is 16.8. The Bertz CT molecular complexity index is 961. The van der Waals surface area contributed by atoms with Crippen molar-refractivity contribution < 1.29 is 14.3 Å². The number of ether oxygens (including phenoxy) is 2. The number of esters is 1. The summed E-state index contributed by atoms with van der Waals surface area (Å²) in [5, 5.41) is 1.32. The van der Waals surface area contributed by atoms with Crippen LogP contribution >= 0.6 is 23.4 Å². The van der Waals surface area contributed by atoms with Crippen molar-refractivity contribution in [3.63, 3.8) is 0 Å². The number of fused-ring (bicyclic) bond motifs is 1. The van der Waals surface area contributed by atoms with Gasteiger partial charge in [0, 0.05) is 15.8 Å². The summed E-state index contributed by atoms with van der Waals surface area (Å²) in [6.45, 7) is 2.32. The van der Waals surface area contributed by atoms with Gasteiger partial charge in [-0.25, -0.2) is 4.98 Å². The van der Waals surface area contributed by atoms with E-state index in [0.717, 1.165) is 27.1 Å². The highest BCUT2D eigenvalue weighted by Crippen LogP contribution is 2.25. The van der Waals surface area contributed by atoms with Gasteiger partial charge in [-0.1, -0.05) is 35.9 Å². The van der Waals surface area contributed by atoms with Crippen molar-refractivity contribution in [3.05, 3.63) is 64.8 Å². The second-order valence-electron chi connectivity index (χ2n) is 6.02. The molecule has 0 spiro atoms. The Hall–Kier alpha value is -2.24. The summed E-state index contributed by atoms with van der Waals surface area (Å²) in [6, 6.07) is 15.6. The van der Waals surface area contributed by atoms with Crippen LogP contribution in [0.3, 0.4) is 0 Å². The molecule has 0 radical (unpaired) electrons. The molecule has 1 aromatic heterocycles. The number of hydrogen-bond acceptors (Lipinski definition) is 5. The van der Waals surface area contributed by atoms with Gasteiger partial charge in [-0.15, -0.1) is 11.8 Å². The van der Waals surface area contributed by atoms with E-state index in [1.807, 2.05) is 61.7 Å². The number of aryl methyl sites for hydroxylation is 1. The van der Waals surface area contributed by atoms with Gasteiger partial charge < -0.3 is 9.47 Å². The largest absolute Gasteiger partial charge is 0.493 e. The minimum atomic E-state index is -0.336. The lowest BCUT2D eigenvalue weighted by Crippen LogP contribution is -2.10. The fraction of sp³-hybridized carbons (Fsp3) is 0.238. The highest BCUT2D eigenvalue weighted by atomic mass is 35.5. The number of thioether (sulfide) groups is 1. The van der Waals surface area contributed by atoms with Crippen molar-refractivity contribution in [2.24, 2.45) is 0 Å². The smallest absolute Gasteiger partial charge is 0.309 e. The van der Waals surface area contributed by atoms with Crippen LogP contribution < -0.4 is 4.74 Å². The maximum atomic E-state index is 12.0. The molecule has 4 nitrogen and oxygen atoms in total. The summed E-state index contributed by atoms with van der Waals surface area (Å²) in [7, 11) is 0. The van der Waals surface area contributed by atoms with Crippen LogP contribution in [0.2, 0.25) is 5.15 Å². The average Bonchev–Trinajstić information content (AvgIpc) is 2.67. The van der Waals surface area contributed by atoms with Crippen LogP contribution in [0.4, 0.5) is 0 Å². The Morgan fingerprint density at radius 1 is 1.19 bits per heavy atom. The molecule has 0 saturated heterocycles. The summed E-state index contributed by atoms with van der Waals surface area (Å²) < 4.78 is 10.9. The van der Waals surface area contributed by atoms with E-state index in [0.29, 0.717) is 10.7 Å². The van der Waals surface area contributed by atoms with E-state index in [1.165, 1.54) is 0 Å². The van der Waals surface area contributed by atoms with Gasteiger partial charge in [0.05, 0.1) is 18.5 Å². The quantitative estimate of drug-likeness (QED) is 0.300. The first kappa shape index (κ1) is 19.5. The third-order valence-electron chi connectivity index (χ3n) is 4.10. The van der Waals surface area contributed by atoms with E-state index in [2.05, 4.69) is 4.98 Å². The van der Waals surface area contributed by atoms with Gasteiger partial charge in [-0.3, -0.25) is 4.79 Å². The molecule has 3 rings (SSSR count). The number of aromatic nitrogens is 1. The molecule has 0 aliphatic rings. The Morgan fingerprint density at radius 3 is 2.78 bits per heavy atom. The fourth-order valence-corrected chi connectivity index (χ4v) is 3.22. The predicted molar refractivity (Wildman–Crippen MR) is 110 cm³/mol. The van der Waals surface area contributed by atoms with Crippen molar-refractivity contribution in [1.29, 1.82) is 0 Å². The zero-order valence-electron chi connectivity index (χ0n) is 15.2. The summed E-state index contributed by atoms with van der Waals surface area (Å²) >= 11 is 7.90. The Balaban J connectivity index is 1.55. The number of para-hydroxylation sites is 1. The molecule has 0 atom stereocenters. The lowest BCUT2D eigenvalue weighted by molar-refractivity contribution is -0.145. The first-order chi connectivity index (χ1) is 13.1. The van der Waals surface area contributed by atoms with E-state index < -0.39 is 0 Å². The molecular formula is C21H20ClNO3S. The third-order valence-corrected chi connectivity index (χ3v) is 5.15. The molecule has 0 aliphatic heterocycles. The first-order valence-electron chi connectivity index (χ1n) is 8.54. The second kappa shape index (κ2) is 9.11. The SMILES string of the molecule is CSc1ccc2cc(COC(=O)CCOc3ccccc3C)c(Cl)nc2c1. The molecule has 0 unspecified atom stereocenters. The molecule has 0 aliphatic carbocycles. The molecule has 0 N–H and O–H groups in total. The number of halogens is 1. The van der Waals surface area contributed by atoms with Crippen LogP contribution in [0.15, 0.2) is 53.4 Å². The molecule has 2 aromatic carbocycles. The topological polar surface area (TPSA) is 48.4 Å². The lowest BCUT2D eigenvalue weighted by Gasteiger charge is -2.10. The zero-order chi connectivity index (χ0) is 19.2. The molecule has 6 heteroatoms. The van der Waals surface area contributed by atoms with E-state index in [1.54, 1.807) is 11.8 Å². The molecule has 0 bridgehead atoms. The minimum absolute atomic E-state index is 0.0925. The number of carbonyl (C=O) groups is 1. The highest BCUT2D eigenvalue weighted by Gasteiger charge is 2.10. The Labute approximate surface area is 167 Å². The second-order valence-corrected chi connectivity index (χ2v) is 7.26. The van der Waals surface area contributed by atoms with Gasteiger partial charge in [0.15, 0.2) is 0 Å². The van der Waals surface area contributed by atoms with Gasteiger partial charge in [0.1, 0.15) is 17.5 Å². The average molecular weight is 402 g/mol. The van der Waals surface area contributed by atoms with Crippen molar-refractivity contribution in [2.75, 3.05) is 12.9 Å². The van der Waals surface area contributed by atoms with Crippen LogP contribution in [0.5, 0.6) is 5.75 Å². The standard InChI is InChI=1S/C21H20ClNO3S/c1-14-5-3-4-6-19(14)25-10-9-20(24)26-13-16-11-15-7-8-17(27-2)12-18(15)23-21(16)22/h3-8,11-12H,9-10,13H2,1-2H3. The van der Waals surface area contributed by atoms with Crippen molar-refractivity contribution in [3.8, 4) is 5.75 Å². The maximum Gasteiger partial charge on any atom is 0.309 e. The summed E-state index contributed by atoms with van der Waals surface area (Å²) in [5.41, 5.74) is 2.55. The number of nitrogens with zero attached hydrogens (tertiary/aromatic N) is 1. The molecule has 0 saturated carbocycles. The maximum absolute atomic E-state index is 12.0. The monoisotopic (exact) mass is 401 g/mol. The molecule has 27 heavy (non-hydrogen) atoms. The van der Waals surface area contributed by atoms with Crippen molar-refractivity contribution >= 4 is 40.2 Å². The van der Waals surface area contributed by atoms with Crippen LogP contribution in [-0.4, -0.2) is 23.8 Å². The number of benzene rings is 2. The van der Waals surface area contributed by atoms with Gasteiger partial charge in [0.25, 0.3) is 0 Å². The Morgan fingerprint density at radius 2 is 2.00 bits per heavy atom. The van der Waals surface area contributed by atoms with Gasteiger partial charge in [-0.2, -0.15) is 0 Å². The number of pyridine rings is 1. The predicted octanol–water partition coefficient (Wildman–Crippen LogP) is 5.43. The van der Waals surface area contributed by atoms with Gasteiger partial charge in [-0.05, 0) is 43.0 Å². The molecular weight excluding hydrogens is 382 g/mol. The highest BCUT2D eigenvalue weighted by molar-refractivity contribution is 7.98. The molecule has 0 fully saturated rings. The Kier molecular flexibility index (Phi) is 6.58. The lowest BCUT2D eigenvalue weighted by atomic mass is 10.2. The van der Waals surface area contributed by atoms with Crippen LogP contribution in [-0.2, 0) is 16.1 Å². The van der Waals surface area contributed by atoms with Crippen molar-refractivity contribution in [2.45, 2.75) is 24.8 Å². The van der Waals surface area contributed by atoms with Crippen LogP contribution in [0.1, 0.15) is 17.5 Å². The number of rotatable bonds is 7. The molecule has 1 heterocycles. The van der Waals surface area contributed by atoms with Crippen LogP contribution in [0.25, 0.3) is 10.9 Å². The molecule has 3 aromatic rings. The minimum Gasteiger partial charge on any atom is -0.493 e. The van der Waals surface area contributed by atoms with E-state index in [4.69, 9.17) is 21.1 Å². The van der Waals surface area contributed by atoms with E-state index in [-0.39, 0.29) is 25.6 Å². The number of carbonyl (C=O) groups excluding carboxylic acids is 1. The van der Waals surface area contributed by atoms with Gasteiger partial charge >= 0.3 is 5.97 Å². The van der Waals surface area contributed by atoms with E-state index >= 15 is 0 Å². The third kappa shape index (κ3) is 5.15. The van der Waals surface area contributed by atoms with Crippen molar-refractivity contribution in [1.82, 2.24) is 4.98 Å².